The number of anilines is 1. The molecule has 100 valence electrons. The van der Waals surface area contributed by atoms with E-state index in [0.717, 1.165) is 38.2 Å². The summed E-state index contributed by atoms with van der Waals surface area (Å²) in [6.45, 7) is 4.94. The summed E-state index contributed by atoms with van der Waals surface area (Å²) in [6, 6.07) is 5.11. The molecule has 1 aliphatic rings. The van der Waals surface area contributed by atoms with Gasteiger partial charge in [-0.25, -0.2) is 4.39 Å². The zero-order valence-corrected chi connectivity index (χ0v) is 10.9. The molecule has 0 bridgehead atoms. The number of nitrogens with two attached hydrogens (primary N) is 1. The topological polar surface area (TPSA) is 38.5 Å². The number of hydrogen-bond donors (Lipinski definition) is 1. The van der Waals surface area contributed by atoms with E-state index in [-0.39, 0.29) is 5.82 Å². The minimum Gasteiger partial charge on any atom is -0.489 e. The number of halogens is 1. The van der Waals surface area contributed by atoms with E-state index < -0.39 is 0 Å². The second kappa shape index (κ2) is 6.05. The number of hydrogen-bond acceptors (Lipinski definition) is 3. The van der Waals surface area contributed by atoms with Gasteiger partial charge in [-0.2, -0.15) is 0 Å². The van der Waals surface area contributed by atoms with Crippen molar-refractivity contribution in [3.8, 4) is 5.75 Å². The monoisotopic (exact) mass is 252 g/mol. The highest BCUT2D eigenvalue weighted by Gasteiger charge is 2.21. The van der Waals surface area contributed by atoms with Gasteiger partial charge in [0.15, 0.2) is 11.6 Å². The molecule has 0 unspecified atom stereocenters. The first-order valence-electron chi connectivity index (χ1n) is 6.62. The predicted octanol–water partition coefficient (Wildman–Crippen LogP) is 2.40. The van der Waals surface area contributed by atoms with E-state index in [1.54, 1.807) is 6.07 Å². The molecular formula is C14H21FN2O. The van der Waals surface area contributed by atoms with Crippen LogP contribution in [-0.4, -0.2) is 26.2 Å². The Kier molecular flexibility index (Phi) is 4.42. The molecule has 4 heteroatoms. The molecule has 0 radical (unpaired) electrons. The van der Waals surface area contributed by atoms with Crippen molar-refractivity contribution in [3.05, 3.63) is 24.0 Å². The highest BCUT2D eigenvalue weighted by molar-refractivity contribution is 5.59. The first-order valence-corrected chi connectivity index (χ1v) is 6.62. The summed E-state index contributed by atoms with van der Waals surface area (Å²) in [5.41, 5.74) is 6.55. The molecule has 0 atom stereocenters. The Morgan fingerprint density at radius 2 is 2.11 bits per heavy atom. The Labute approximate surface area is 108 Å². The van der Waals surface area contributed by atoms with Crippen LogP contribution in [0.5, 0.6) is 5.75 Å². The summed E-state index contributed by atoms with van der Waals surface area (Å²) >= 11 is 0. The third-order valence-electron chi connectivity index (χ3n) is 3.52. The molecule has 2 rings (SSSR count). The van der Waals surface area contributed by atoms with Gasteiger partial charge in [0.05, 0.1) is 12.3 Å². The van der Waals surface area contributed by atoms with Crippen LogP contribution in [0.4, 0.5) is 10.1 Å². The number of nitrogens with zero attached hydrogens (tertiary/aromatic N) is 1. The number of benzene rings is 1. The van der Waals surface area contributed by atoms with Gasteiger partial charge in [0, 0.05) is 13.1 Å². The highest BCUT2D eigenvalue weighted by atomic mass is 19.1. The molecule has 1 saturated heterocycles. The molecule has 2 N–H and O–H groups in total. The average Bonchev–Trinajstić information content (AvgIpc) is 2.41. The van der Waals surface area contributed by atoms with Crippen LogP contribution in [0.3, 0.4) is 0 Å². The van der Waals surface area contributed by atoms with E-state index >= 15 is 0 Å². The number of rotatable bonds is 4. The lowest BCUT2D eigenvalue weighted by atomic mass is 9.96. The van der Waals surface area contributed by atoms with Crippen LogP contribution in [0.1, 0.15) is 19.8 Å². The number of para-hydroxylation sites is 1. The lowest BCUT2D eigenvalue weighted by Crippen LogP contribution is -2.36. The van der Waals surface area contributed by atoms with Crippen LogP contribution in [0.2, 0.25) is 0 Å². The number of piperidine rings is 1. The van der Waals surface area contributed by atoms with E-state index in [1.807, 2.05) is 13.0 Å². The molecule has 1 aliphatic heterocycles. The summed E-state index contributed by atoms with van der Waals surface area (Å²) < 4.78 is 19.2. The van der Waals surface area contributed by atoms with Gasteiger partial charge in [-0.05, 0) is 44.4 Å². The van der Waals surface area contributed by atoms with E-state index in [0.29, 0.717) is 18.3 Å². The SMILES string of the molecule is CCOc1c(F)cccc1N1CCC(CN)CC1. The van der Waals surface area contributed by atoms with E-state index in [9.17, 15) is 4.39 Å². The second-order valence-electron chi connectivity index (χ2n) is 4.69. The van der Waals surface area contributed by atoms with Crippen molar-refractivity contribution in [2.75, 3.05) is 31.1 Å². The van der Waals surface area contributed by atoms with Crippen molar-refractivity contribution in [3.63, 3.8) is 0 Å². The third kappa shape index (κ3) is 2.75. The zero-order chi connectivity index (χ0) is 13.0. The first kappa shape index (κ1) is 13.1. The minimum atomic E-state index is -0.282. The molecule has 1 heterocycles. The van der Waals surface area contributed by atoms with Crippen molar-refractivity contribution in [1.29, 1.82) is 0 Å². The van der Waals surface area contributed by atoms with Crippen molar-refractivity contribution in [2.45, 2.75) is 19.8 Å². The molecule has 0 amide bonds. The van der Waals surface area contributed by atoms with E-state index in [2.05, 4.69) is 4.90 Å². The highest BCUT2D eigenvalue weighted by Crippen LogP contribution is 2.33. The lowest BCUT2D eigenvalue weighted by molar-refractivity contribution is 0.319. The van der Waals surface area contributed by atoms with Gasteiger partial charge in [0.2, 0.25) is 0 Å². The molecule has 0 aromatic heterocycles. The number of ether oxygens (including phenoxy) is 1. The lowest BCUT2D eigenvalue weighted by Gasteiger charge is -2.34. The van der Waals surface area contributed by atoms with Gasteiger partial charge in [0.1, 0.15) is 0 Å². The van der Waals surface area contributed by atoms with Crippen LogP contribution in [-0.2, 0) is 0 Å². The molecule has 0 saturated carbocycles. The third-order valence-corrected chi connectivity index (χ3v) is 3.52. The van der Waals surface area contributed by atoms with Crippen LogP contribution in [0, 0.1) is 11.7 Å². The minimum absolute atomic E-state index is 0.282. The Balaban J connectivity index is 2.15. The first-order chi connectivity index (χ1) is 8.76. The van der Waals surface area contributed by atoms with Crippen molar-refractivity contribution in [1.82, 2.24) is 0 Å². The van der Waals surface area contributed by atoms with Crippen LogP contribution < -0.4 is 15.4 Å². The summed E-state index contributed by atoms with van der Waals surface area (Å²) in [4.78, 5) is 2.19. The van der Waals surface area contributed by atoms with Gasteiger partial charge in [-0.1, -0.05) is 6.07 Å². The smallest absolute Gasteiger partial charge is 0.178 e. The Morgan fingerprint density at radius 3 is 2.72 bits per heavy atom. The molecule has 0 aliphatic carbocycles. The summed E-state index contributed by atoms with van der Waals surface area (Å²) in [5.74, 6) is 0.701. The largest absolute Gasteiger partial charge is 0.489 e. The van der Waals surface area contributed by atoms with Crippen LogP contribution >= 0.6 is 0 Å². The fourth-order valence-electron chi connectivity index (χ4n) is 2.44. The molecule has 18 heavy (non-hydrogen) atoms. The maximum atomic E-state index is 13.8. The molecule has 1 fully saturated rings. The molecule has 3 nitrogen and oxygen atoms in total. The Hall–Kier alpha value is -1.29. The Morgan fingerprint density at radius 1 is 1.39 bits per heavy atom. The fraction of sp³-hybridized carbons (Fsp3) is 0.571. The van der Waals surface area contributed by atoms with Crippen molar-refractivity contribution >= 4 is 5.69 Å². The fourth-order valence-corrected chi connectivity index (χ4v) is 2.44. The normalized spacial score (nSPS) is 16.9. The van der Waals surface area contributed by atoms with E-state index in [1.165, 1.54) is 6.07 Å². The van der Waals surface area contributed by atoms with Gasteiger partial charge in [0.25, 0.3) is 0 Å². The molecule has 1 aromatic rings. The molecule has 1 aromatic carbocycles. The summed E-state index contributed by atoms with van der Waals surface area (Å²) in [7, 11) is 0. The van der Waals surface area contributed by atoms with Crippen molar-refractivity contribution < 1.29 is 9.13 Å². The predicted molar refractivity (Wildman–Crippen MR) is 71.6 cm³/mol. The van der Waals surface area contributed by atoms with Gasteiger partial charge >= 0.3 is 0 Å². The molecular weight excluding hydrogens is 231 g/mol. The van der Waals surface area contributed by atoms with E-state index in [4.69, 9.17) is 10.5 Å². The quantitative estimate of drug-likeness (QED) is 0.894. The van der Waals surface area contributed by atoms with Gasteiger partial charge in [-0.15, -0.1) is 0 Å². The second-order valence-corrected chi connectivity index (χ2v) is 4.69. The standard InChI is InChI=1S/C14H21FN2O/c1-2-18-14-12(15)4-3-5-13(14)17-8-6-11(10-16)7-9-17/h3-5,11H,2,6-10,16H2,1H3. The Bertz CT molecular complexity index is 389. The van der Waals surface area contributed by atoms with Crippen LogP contribution in [0.15, 0.2) is 18.2 Å². The summed E-state index contributed by atoms with van der Waals surface area (Å²) in [6.07, 6.45) is 2.14. The average molecular weight is 252 g/mol. The zero-order valence-electron chi connectivity index (χ0n) is 10.9. The maximum Gasteiger partial charge on any atom is 0.178 e. The van der Waals surface area contributed by atoms with Gasteiger partial charge < -0.3 is 15.4 Å². The molecule has 0 spiro atoms. The van der Waals surface area contributed by atoms with Crippen LogP contribution in [0.25, 0.3) is 0 Å². The summed E-state index contributed by atoms with van der Waals surface area (Å²) in [5, 5.41) is 0. The maximum absolute atomic E-state index is 13.8. The van der Waals surface area contributed by atoms with Crippen molar-refractivity contribution in [2.24, 2.45) is 11.7 Å². The van der Waals surface area contributed by atoms with Gasteiger partial charge in [-0.3, -0.25) is 0 Å².